The van der Waals surface area contributed by atoms with Gasteiger partial charge in [-0.2, -0.15) is 4.98 Å². The molecule has 0 aliphatic heterocycles. The lowest BCUT2D eigenvalue weighted by molar-refractivity contribution is 0.00553. The van der Waals surface area contributed by atoms with Gasteiger partial charge >= 0.3 is 0 Å². The average Bonchev–Trinajstić information content (AvgIpc) is 3.88. The Morgan fingerprint density at radius 1 is 1.08 bits per heavy atom. The van der Waals surface area contributed by atoms with Crippen molar-refractivity contribution in [3.63, 3.8) is 0 Å². The Morgan fingerprint density at radius 3 is 2.58 bits per heavy atom. The molecule has 11 nitrogen and oxygen atoms in total. The molecule has 3 aliphatic carbocycles. The molecule has 6 aromatic rings. The number of aromatic nitrogens is 4. The number of anilines is 2. The van der Waals surface area contributed by atoms with E-state index in [1.807, 2.05) is 56.4 Å². The Bertz CT molecular complexity index is 2380. The van der Waals surface area contributed by atoms with Gasteiger partial charge in [-0.15, -0.1) is 11.3 Å². The molecule has 9 rings (SSSR count). The molecule has 3 aliphatic rings. The van der Waals surface area contributed by atoms with E-state index >= 15 is 0 Å². The third-order valence-corrected chi connectivity index (χ3v) is 13.6. The zero-order valence-electron chi connectivity index (χ0n) is 27.0. The van der Waals surface area contributed by atoms with Gasteiger partial charge in [-0.1, -0.05) is 18.2 Å². The number of furan rings is 1. The van der Waals surface area contributed by atoms with E-state index in [0.29, 0.717) is 39.7 Å². The van der Waals surface area contributed by atoms with Gasteiger partial charge in [-0.25, -0.2) is 22.8 Å². The number of thiazole rings is 1. The highest BCUT2D eigenvalue weighted by atomic mass is 32.2. The molecule has 0 bridgehead atoms. The highest BCUT2D eigenvalue weighted by Crippen LogP contribution is 2.61. The molecule has 4 N–H and O–H groups in total. The lowest BCUT2D eigenvalue weighted by Crippen LogP contribution is -2.43. The molecule has 4 aromatic heterocycles. The molecule has 3 saturated carbocycles. The van der Waals surface area contributed by atoms with E-state index in [9.17, 15) is 23.0 Å². The van der Waals surface area contributed by atoms with E-state index in [1.165, 1.54) is 23.5 Å². The summed E-state index contributed by atoms with van der Waals surface area (Å²) in [5.41, 5.74) is 2.02. The molecular formula is C36H33FN6O5S2. The molecule has 0 saturated heterocycles. The standard InChI is InChI=1S/C36H33FN6O5S2/c1-17(26-15-20-5-3-4-6-25(20)48-26)39-35-40-18(2)28(34-42-30-27(49-34)13-14-38-29(30)19-7-8-19)33(43-35)41-24-16-23-32(36(23,45)31(24)44)50(46,47)22-11-9-21(37)10-12-22/h3-6,9-15,17,19,23-24,31-32,44-45H,7-8,16H2,1-2H3,(H2,39,40,41,43)/t17-,23-,24-,31+,32?,36-/m1/s1. The SMILES string of the molecule is Cc1nc(N[C@H](C)c2cc3ccccc3o2)nc(N[C@@H]2C[C@@H]3C(S(=O)(=O)c4ccc(F)cc4)[C@]3(O)[C@H]2O)c1-c1nc2c(C3CC3)nccc2s1. The fourth-order valence-corrected chi connectivity index (χ4v) is 10.9. The third-order valence-electron chi connectivity index (χ3n) is 10.3. The van der Waals surface area contributed by atoms with Gasteiger partial charge in [0.15, 0.2) is 9.84 Å². The van der Waals surface area contributed by atoms with Crippen LogP contribution in [-0.4, -0.2) is 61.6 Å². The molecule has 6 atom stereocenters. The molecule has 50 heavy (non-hydrogen) atoms. The number of aryl methyl sites for hydroxylation is 1. The fraction of sp³-hybridized carbons (Fsp3) is 0.333. The largest absolute Gasteiger partial charge is 0.459 e. The lowest BCUT2D eigenvalue weighted by atomic mass is 10.1. The fourth-order valence-electron chi connectivity index (χ4n) is 7.52. The van der Waals surface area contributed by atoms with Crippen molar-refractivity contribution in [1.82, 2.24) is 19.9 Å². The van der Waals surface area contributed by atoms with Gasteiger partial charge in [0, 0.05) is 23.4 Å². The smallest absolute Gasteiger partial charge is 0.225 e. The molecule has 14 heteroatoms. The number of nitrogens with zero attached hydrogens (tertiary/aromatic N) is 4. The van der Waals surface area contributed by atoms with E-state index in [0.717, 1.165) is 51.9 Å². The summed E-state index contributed by atoms with van der Waals surface area (Å²) in [7, 11) is -4.03. The van der Waals surface area contributed by atoms with Gasteiger partial charge in [-0.05, 0) is 75.6 Å². The Kier molecular flexibility index (Phi) is 7.09. The van der Waals surface area contributed by atoms with E-state index in [-0.39, 0.29) is 17.4 Å². The van der Waals surface area contributed by atoms with Crippen LogP contribution in [0.3, 0.4) is 0 Å². The average molecular weight is 713 g/mol. The van der Waals surface area contributed by atoms with Gasteiger partial charge in [0.2, 0.25) is 5.95 Å². The van der Waals surface area contributed by atoms with Crippen molar-refractivity contribution < 1.29 is 27.4 Å². The first-order chi connectivity index (χ1) is 24.0. The van der Waals surface area contributed by atoms with Crippen molar-refractivity contribution in [1.29, 1.82) is 0 Å². The maximum Gasteiger partial charge on any atom is 0.225 e. The number of pyridine rings is 1. The van der Waals surface area contributed by atoms with E-state index in [2.05, 4.69) is 15.6 Å². The van der Waals surface area contributed by atoms with Crippen LogP contribution in [0.15, 0.2) is 76.2 Å². The molecule has 4 heterocycles. The van der Waals surface area contributed by atoms with Gasteiger partial charge < -0.3 is 25.3 Å². The van der Waals surface area contributed by atoms with Gasteiger partial charge in [-0.3, -0.25) is 4.98 Å². The number of rotatable bonds is 9. The second kappa shape index (κ2) is 11.3. The lowest BCUT2D eigenvalue weighted by Gasteiger charge is -2.26. The van der Waals surface area contributed by atoms with Crippen molar-refractivity contribution in [3.8, 4) is 10.6 Å². The van der Waals surface area contributed by atoms with Crippen LogP contribution in [0.5, 0.6) is 0 Å². The monoisotopic (exact) mass is 712 g/mol. The normalized spacial score (nSPS) is 25.1. The number of fused-ring (bicyclic) bond motifs is 3. The van der Waals surface area contributed by atoms with Gasteiger partial charge in [0.05, 0.1) is 38.6 Å². The number of para-hydroxylation sites is 1. The van der Waals surface area contributed by atoms with Crippen LogP contribution in [0.2, 0.25) is 0 Å². The van der Waals surface area contributed by atoms with E-state index in [1.54, 1.807) is 0 Å². The van der Waals surface area contributed by atoms with E-state index in [4.69, 9.17) is 19.4 Å². The van der Waals surface area contributed by atoms with Crippen molar-refractivity contribution in [2.75, 3.05) is 10.6 Å². The van der Waals surface area contributed by atoms with Crippen LogP contribution in [0.25, 0.3) is 31.8 Å². The zero-order valence-corrected chi connectivity index (χ0v) is 28.7. The maximum absolute atomic E-state index is 13.5. The topological polar surface area (TPSA) is 163 Å². The van der Waals surface area contributed by atoms with Crippen LogP contribution in [0.4, 0.5) is 16.2 Å². The molecule has 0 amide bonds. The Labute approximate surface area is 290 Å². The number of aliphatic hydroxyl groups excluding tert-OH is 1. The minimum Gasteiger partial charge on any atom is -0.459 e. The quantitative estimate of drug-likeness (QED) is 0.127. The van der Waals surface area contributed by atoms with Crippen LogP contribution >= 0.6 is 11.3 Å². The Morgan fingerprint density at radius 2 is 1.86 bits per heavy atom. The molecular weight excluding hydrogens is 680 g/mol. The summed E-state index contributed by atoms with van der Waals surface area (Å²) < 4.78 is 47.5. The first kappa shape index (κ1) is 31.5. The maximum atomic E-state index is 13.5. The number of nitrogens with one attached hydrogen (secondary N) is 2. The molecule has 256 valence electrons. The van der Waals surface area contributed by atoms with Crippen LogP contribution in [-0.2, 0) is 9.84 Å². The molecule has 2 aromatic carbocycles. The minimum atomic E-state index is -4.03. The first-order valence-electron chi connectivity index (χ1n) is 16.6. The number of hydrogen-bond donors (Lipinski definition) is 4. The van der Waals surface area contributed by atoms with Gasteiger partial charge in [0.1, 0.15) is 50.5 Å². The molecule has 0 spiro atoms. The predicted octanol–water partition coefficient (Wildman–Crippen LogP) is 6.14. The highest BCUT2D eigenvalue weighted by Gasteiger charge is 2.78. The Balaban J connectivity index is 1.06. The highest BCUT2D eigenvalue weighted by molar-refractivity contribution is 7.92. The summed E-state index contributed by atoms with van der Waals surface area (Å²) in [4.78, 5) is 19.3. The number of sulfone groups is 1. The van der Waals surface area contributed by atoms with Crippen molar-refractivity contribution in [3.05, 3.63) is 89.8 Å². The molecule has 3 fully saturated rings. The Hall–Kier alpha value is -4.50. The van der Waals surface area contributed by atoms with Crippen molar-refractivity contribution >= 4 is 54.1 Å². The summed E-state index contributed by atoms with van der Waals surface area (Å²) in [6.07, 6.45) is 2.71. The summed E-state index contributed by atoms with van der Waals surface area (Å²) in [5, 5.41) is 30.2. The summed E-state index contributed by atoms with van der Waals surface area (Å²) in [6, 6.07) is 15.2. The number of hydrogen-bond acceptors (Lipinski definition) is 12. The van der Waals surface area contributed by atoms with E-state index < -0.39 is 44.6 Å². The van der Waals surface area contributed by atoms with Crippen molar-refractivity contribution in [2.45, 2.75) is 73.0 Å². The first-order valence-corrected chi connectivity index (χ1v) is 18.9. The van der Waals surface area contributed by atoms with Crippen molar-refractivity contribution in [2.24, 2.45) is 5.92 Å². The minimum absolute atomic E-state index is 0.0951. The third kappa shape index (κ3) is 4.99. The zero-order chi connectivity index (χ0) is 34.5. The molecule has 0 radical (unpaired) electrons. The second-order valence-corrected chi connectivity index (χ2v) is 16.7. The number of aliphatic hydroxyl groups is 2. The van der Waals surface area contributed by atoms with Crippen LogP contribution < -0.4 is 10.6 Å². The summed E-state index contributed by atoms with van der Waals surface area (Å²) in [6.45, 7) is 3.82. The second-order valence-electron chi connectivity index (χ2n) is 13.6. The number of benzene rings is 2. The van der Waals surface area contributed by atoms with Gasteiger partial charge in [0.25, 0.3) is 0 Å². The summed E-state index contributed by atoms with van der Waals surface area (Å²) in [5.74, 6) is 0.527. The summed E-state index contributed by atoms with van der Waals surface area (Å²) >= 11 is 1.50. The van der Waals surface area contributed by atoms with Crippen LogP contribution in [0, 0.1) is 18.7 Å². The number of halogens is 1. The van der Waals surface area contributed by atoms with Crippen LogP contribution in [0.1, 0.15) is 55.3 Å². The molecule has 1 unspecified atom stereocenters. The predicted molar refractivity (Wildman–Crippen MR) is 187 cm³/mol.